The smallest absolute Gasteiger partial charge is 0.202 e. The number of anilines is 1. The normalized spacial score (nSPS) is 9.93. The van der Waals surface area contributed by atoms with E-state index in [4.69, 9.17) is 12.2 Å². The lowest BCUT2D eigenvalue weighted by molar-refractivity contribution is 1.04. The number of hydrazine groups is 1. The fourth-order valence-electron chi connectivity index (χ4n) is 1.10. The Labute approximate surface area is 96.7 Å². The minimum absolute atomic E-state index is 0.536. The van der Waals surface area contributed by atoms with Crippen LogP contribution in [0.3, 0.4) is 0 Å². The number of hydrogen-bond donors (Lipinski definition) is 3. The molecule has 0 fully saturated rings. The molecule has 0 amide bonds. The molecule has 0 aliphatic heterocycles. The Morgan fingerprint density at radius 3 is 2.93 bits per heavy atom. The highest BCUT2D eigenvalue weighted by Crippen LogP contribution is 2.24. The Morgan fingerprint density at radius 2 is 2.20 bits per heavy atom. The lowest BCUT2D eigenvalue weighted by atomic mass is 10.3. The van der Waals surface area contributed by atoms with Crippen LogP contribution in [-0.4, -0.2) is 17.1 Å². The van der Waals surface area contributed by atoms with Crippen molar-refractivity contribution in [1.29, 1.82) is 0 Å². The van der Waals surface area contributed by atoms with Gasteiger partial charge in [0.2, 0.25) is 5.13 Å². The average molecular weight is 238 g/mol. The summed E-state index contributed by atoms with van der Waals surface area (Å²) in [5.41, 5.74) is 6.75. The predicted octanol–water partition coefficient (Wildman–Crippen LogP) is 1.72. The molecule has 2 aromatic rings. The van der Waals surface area contributed by atoms with Crippen LogP contribution in [0.15, 0.2) is 24.3 Å². The standard InChI is InChI=1S/C9H10N4S2/c1-10-8(14)12-13-9-11-6-4-2-3-5-7(6)15-9/h2-5H,1H3,(H,11,13)(H2,10,12,14). The largest absolute Gasteiger partial charge is 0.364 e. The molecule has 15 heavy (non-hydrogen) atoms. The maximum absolute atomic E-state index is 4.93. The summed E-state index contributed by atoms with van der Waals surface area (Å²) in [4.78, 5) is 4.38. The van der Waals surface area contributed by atoms with E-state index in [2.05, 4.69) is 21.2 Å². The molecule has 1 heterocycles. The molecular formula is C9H10N4S2. The summed E-state index contributed by atoms with van der Waals surface area (Å²) in [6.07, 6.45) is 0. The predicted molar refractivity (Wildman–Crippen MR) is 68.0 cm³/mol. The van der Waals surface area contributed by atoms with Gasteiger partial charge in [0.15, 0.2) is 5.11 Å². The average Bonchev–Trinajstić information content (AvgIpc) is 2.68. The lowest BCUT2D eigenvalue weighted by Crippen LogP contribution is -2.36. The number of thiocarbonyl (C=S) groups is 1. The Balaban J connectivity index is 2.12. The highest BCUT2D eigenvalue weighted by atomic mass is 32.1. The molecule has 0 atom stereocenters. The zero-order valence-corrected chi connectivity index (χ0v) is 9.71. The molecule has 1 aromatic carbocycles. The van der Waals surface area contributed by atoms with Gasteiger partial charge in [-0.2, -0.15) is 0 Å². The van der Waals surface area contributed by atoms with Crippen LogP contribution in [0.25, 0.3) is 10.2 Å². The highest BCUT2D eigenvalue weighted by molar-refractivity contribution is 7.80. The van der Waals surface area contributed by atoms with Crippen molar-refractivity contribution in [1.82, 2.24) is 15.7 Å². The van der Waals surface area contributed by atoms with Gasteiger partial charge in [-0.1, -0.05) is 23.5 Å². The lowest BCUT2D eigenvalue weighted by Gasteiger charge is -2.05. The molecule has 1 aromatic heterocycles. The van der Waals surface area contributed by atoms with E-state index in [0.717, 1.165) is 15.3 Å². The molecule has 0 unspecified atom stereocenters. The van der Waals surface area contributed by atoms with Gasteiger partial charge in [-0.15, -0.1) is 0 Å². The van der Waals surface area contributed by atoms with Gasteiger partial charge in [0.1, 0.15) is 0 Å². The van der Waals surface area contributed by atoms with Crippen molar-refractivity contribution in [2.75, 3.05) is 12.5 Å². The van der Waals surface area contributed by atoms with Gasteiger partial charge >= 0.3 is 0 Å². The Hall–Kier alpha value is -1.40. The van der Waals surface area contributed by atoms with Crippen molar-refractivity contribution >= 4 is 44.0 Å². The summed E-state index contributed by atoms with van der Waals surface area (Å²) < 4.78 is 1.15. The van der Waals surface area contributed by atoms with Crippen molar-refractivity contribution in [2.24, 2.45) is 0 Å². The number of thiazole rings is 1. The van der Waals surface area contributed by atoms with E-state index in [-0.39, 0.29) is 0 Å². The number of para-hydroxylation sites is 1. The molecule has 2 rings (SSSR count). The summed E-state index contributed by atoms with van der Waals surface area (Å²) in [5.74, 6) is 0. The molecular weight excluding hydrogens is 228 g/mol. The van der Waals surface area contributed by atoms with Gasteiger partial charge < -0.3 is 5.32 Å². The third kappa shape index (κ3) is 2.34. The number of fused-ring (bicyclic) bond motifs is 1. The minimum atomic E-state index is 0.536. The fourth-order valence-corrected chi connectivity index (χ4v) is 1.97. The van der Waals surface area contributed by atoms with Crippen molar-refractivity contribution in [3.8, 4) is 0 Å². The maximum Gasteiger partial charge on any atom is 0.202 e. The summed E-state index contributed by atoms with van der Waals surface area (Å²) in [6.45, 7) is 0. The molecule has 0 spiro atoms. The first-order valence-corrected chi connectivity index (χ1v) is 5.61. The second-order valence-corrected chi connectivity index (χ2v) is 4.25. The number of rotatable bonds is 2. The number of hydrogen-bond acceptors (Lipinski definition) is 4. The van der Waals surface area contributed by atoms with Crippen molar-refractivity contribution in [2.45, 2.75) is 0 Å². The number of aromatic nitrogens is 1. The van der Waals surface area contributed by atoms with Crippen LogP contribution in [0.5, 0.6) is 0 Å². The van der Waals surface area contributed by atoms with Gasteiger partial charge in [0.05, 0.1) is 10.2 Å². The summed E-state index contributed by atoms with van der Waals surface area (Å²) in [6, 6.07) is 7.98. The third-order valence-electron chi connectivity index (χ3n) is 1.80. The first-order valence-electron chi connectivity index (χ1n) is 4.39. The monoisotopic (exact) mass is 238 g/mol. The molecule has 4 nitrogen and oxygen atoms in total. The quantitative estimate of drug-likeness (QED) is 0.549. The molecule has 0 aliphatic carbocycles. The zero-order chi connectivity index (χ0) is 10.7. The third-order valence-corrected chi connectivity index (χ3v) is 3.06. The van der Waals surface area contributed by atoms with E-state index in [1.165, 1.54) is 0 Å². The van der Waals surface area contributed by atoms with Crippen LogP contribution < -0.4 is 16.2 Å². The topological polar surface area (TPSA) is 49.0 Å². The summed E-state index contributed by atoms with van der Waals surface area (Å²) >= 11 is 6.50. The molecule has 0 saturated carbocycles. The molecule has 0 bridgehead atoms. The van der Waals surface area contributed by atoms with E-state index in [1.54, 1.807) is 18.4 Å². The SMILES string of the molecule is CNC(=S)NNc1nc2ccccc2s1. The summed E-state index contributed by atoms with van der Waals surface area (Å²) in [7, 11) is 1.76. The van der Waals surface area contributed by atoms with E-state index in [1.807, 2.05) is 24.3 Å². The van der Waals surface area contributed by atoms with Gasteiger partial charge in [0.25, 0.3) is 0 Å². The maximum atomic E-state index is 4.93. The van der Waals surface area contributed by atoms with Crippen molar-refractivity contribution < 1.29 is 0 Å². The van der Waals surface area contributed by atoms with Crippen LogP contribution in [0, 0.1) is 0 Å². The highest BCUT2D eigenvalue weighted by Gasteiger charge is 2.01. The van der Waals surface area contributed by atoms with E-state index >= 15 is 0 Å². The number of benzene rings is 1. The fraction of sp³-hybridized carbons (Fsp3) is 0.111. The van der Waals surface area contributed by atoms with Crippen LogP contribution in [0.1, 0.15) is 0 Å². The van der Waals surface area contributed by atoms with Gasteiger partial charge in [0, 0.05) is 7.05 Å². The summed E-state index contributed by atoms with van der Waals surface area (Å²) in [5, 5.41) is 4.14. The minimum Gasteiger partial charge on any atom is -0.364 e. The first-order chi connectivity index (χ1) is 7.29. The van der Waals surface area contributed by atoms with Crippen LogP contribution >= 0.6 is 23.6 Å². The second kappa shape index (κ2) is 4.41. The van der Waals surface area contributed by atoms with Gasteiger partial charge in [-0.3, -0.25) is 10.9 Å². The molecule has 78 valence electrons. The number of nitrogens with one attached hydrogen (secondary N) is 3. The van der Waals surface area contributed by atoms with E-state index in [9.17, 15) is 0 Å². The van der Waals surface area contributed by atoms with Crippen LogP contribution in [-0.2, 0) is 0 Å². The number of nitrogens with zero attached hydrogens (tertiary/aromatic N) is 1. The molecule has 0 radical (unpaired) electrons. The van der Waals surface area contributed by atoms with Gasteiger partial charge in [-0.25, -0.2) is 4.98 Å². The second-order valence-electron chi connectivity index (χ2n) is 2.82. The van der Waals surface area contributed by atoms with Crippen LogP contribution in [0.4, 0.5) is 5.13 Å². The van der Waals surface area contributed by atoms with Crippen LogP contribution in [0.2, 0.25) is 0 Å². The van der Waals surface area contributed by atoms with Crippen molar-refractivity contribution in [3.63, 3.8) is 0 Å². The zero-order valence-electron chi connectivity index (χ0n) is 8.07. The first kappa shape index (κ1) is 10.1. The van der Waals surface area contributed by atoms with Crippen molar-refractivity contribution in [3.05, 3.63) is 24.3 Å². The molecule has 3 N–H and O–H groups in total. The van der Waals surface area contributed by atoms with Gasteiger partial charge in [-0.05, 0) is 24.4 Å². The Bertz CT molecular complexity index is 447. The van der Waals surface area contributed by atoms with E-state index in [0.29, 0.717) is 5.11 Å². The molecule has 6 heteroatoms. The molecule has 0 aliphatic rings. The molecule has 0 saturated heterocycles. The van der Waals surface area contributed by atoms with E-state index < -0.39 is 0 Å². The Kier molecular flexibility index (Phi) is 2.98. The Morgan fingerprint density at radius 1 is 1.40 bits per heavy atom.